The number of benzene rings is 2. The van der Waals surface area contributed by atoms with Crippen molar-refractivity contribution in [1.29, 1.82) is 5.26 Å². The highest BCUT2D eigenvalue weighted by molar-refractivity contribution is 9.10. The van der Waals surface area contributed by atoms with Gasteiger partial charge in [0.2, 0.25) is 0 Å². The predicted molar refractivity (Wildman–Crippen MR) is 115 cm³/mol. The van der Waals surface area contributed by atoms with Crippen molar-refractivity contribution >= 4 is 33.6 Å². The highest BCUT2D eigenvalue weighted by Crippen LogP contribution is 2.38. The molecule has 9 heteroatoms. The number of rotatable bonds is 7. The fourth-order valence-electron chi connectivity index (χ4n) is 2.51. The molecule has 0 bridgehead atoms. The smallest absolute Gasteiger partial charge is 0.416 e. The van der Waals surface area contributed by atoms with E-state index in [1.54, 1.807) is 18.2 Å². The van der Waals surface area contributed by atoms with Crippen LogP contribution in [0.4, 0.5) is 18.9 Å². The SMILES string of the molecule is CC[C@@H](C)Oc1c(Br)cc(/C=C(/C#N)C(=O)Nc2cccc(C(F)(F)F)c2)cc1OC. The highest BCUT2D eigenvalue weighted by atomic mass is 79.9. The molecule has 0 aliphatic carbocycles. The van der Waals surface area contributed by atoms with E-state index in [1.165, 1.54) is 25.3 Å². The van der Waals surface area contributed by atoms with Gasteiger partial charge < -0.3 is 14.8 Å². The number of hydrogen-bond acceptors (Lipinski definition) is 4. The number of ether oxygens (including phenoxy) is 2. The zero-order valence-corrected chi connectivity index (χ0v) is 18.6. The monoisotopic (exact) mass is 496 g/mol. The zero-order chi connectivity index (χ0) is 23.2. The van der Waals surface area contributed by atoms with Gasteiger partial charge in [0.25, 0.3) is 5.91 Å². The summed E-state index contributed by atoms with van der Waals surface area (Å²) in [5.74, 6) is 0.0503. The van der Waals surface area contributed by atoms with Crippen LogP contribution in [-0.4, -0.2) is 19.1 Å². The Labute approximate surface area is 186 Å². The van der Waals surface area contributed by atoms with Crippen molar-refractivity contribution in [2.24, 2.45) is 0 Å². The molecule has 2 aromatic carbocycles. The largest absolute Gasteiger partial charge is 0.493 e. The zero-order valence-electron chi connectivity index (χ0n) is 17.0. The number of halogens is 4. The van der Waals surface area contributed by atoms with Crippen LogP contribution in [0.2, 0.25) is 0 Å². The summed E-state index contributed by atoms with van der Waals surface area (Å²) in [6.45, 7) is 3.88. The van der Waals surface area contributed by atoms with Gasteiger partial charge in [-0.2, -0.15) is 18.4 Å². The third kappa shape index (κ3) is 6.49. The summed E-state index contributed by atoms with van der Waals surface area (Å²) >= 11 is 3.40. The minimum Gasteiger partial charge on any atom is -0.493 e. The summed E-state index contributed by atoms with van der Waals surface area (Å²) in [5, 5.41) is 11.7. The number of carbonyl (C=O) groups excluding carboxylic acids is 1. The highest BCUT2D eigenvalue weighted by Gasteiger charge is 2.30. The Morgan fingerprint density at radius 3 is 2.61 bits per heavy atom. The van der Waals surface area contributed by atoms with Crippen molar-refractivity contribution in [2.45, 2.75) is 32.5 Å². The molecule has 0 saturated carbocycles. The maximum absolute atomic E-state index is 12.9. The van der Waals surface area contributed by atoms with E-state index in [9.17, 15) is 23.2 Å². The second kappa shape index (κ2) is 10.4. The van der Waals surface area contributed by atoms with Crippen molar-refractivity contribution in [1.82, 2.24) is 0 Å². The topological polar surface area (TPSA) is 71.3 Å². The molecule has 0 aliphatic rings. The second-order valence-corrected chi connectivity index (χ2v) is 7.43. The third-order valence-electron chi connectivity index (χ3n) is 4.27. The second-order valence-electron chi connectivity index (χ2n) is 6.57. The molecule has 0 radical (unpaired) electrons. The molecule has 1 N–H and O–H groups in total. The molecule has 2 aromatic rings. The van der Waals surface area contributed by atoms with Crippen LogP contribution in [0.25, 0.3) is 6.08 Å². The van der Waals surface area contributed by atoms with Gasteiger partial charge in [-0.25, -0.2) is 0 Å². The first kappa shape index (κ1) is 24.3. The molecule has 0 spiro atoms. The van der Waals surface area contributed by atoms with Crippen LogP contribution >= 0.6 is 15.9 Å². The fraction of sp³-hybridized carbons (Fsp3) is 0.273. The molecule has 1 amide bonds. The van der Waals surface area contributed by atoms with E-state index in [0.717, 1.165) is 18.6 Å². The van der Waals surface area contributed by atoms with Crippen molar-refractivity contribution in [3.05, 3.63) is 57.6 Å². The molecular formula is C22H20BrF3N2O3. The lowest BCUT2D eigenvalue weighted by molar-refractivity contribution is -0.137. The van der Waals surface area contributed by atoms with Crippen LogP contribution in [0.1, 0.15) is 31.4 Å². The van der Waals surface area contributed by atoms with Crippen molar-refractivity contribution in [3.63, 3.8) is 0 Å². The summed E-state index contributed by atoms with van der Waals surface area (Å²) in [7, 11) is 1.46. The Kier molecular flexibility index (Phi) is 8.11. The van der Waals surface area contributed by atoms with Crippen molar-refractivity contribution < 1.29 is 27.4 Å². The van der Waals surface area contributed by atoms with E-state index in [4.69, 9.17) is 9.47 Å². The van der Waals surface area contributed by atoms with Crippen molar-refractivity contribution in [3.8, 4) is 17.6 Å². The molecule has 0 aliphatic heterocycles. The Morgan fingerprint density at radius 2 is 2.03 bits per heavy atom. The van der Waals surface area contributed by atoms with E-state index < -0.39 is 17.6 Å². The van der Waals surface area contributed by atoms with Crippen LogP contribution in [0.3, 0.4) is 0 Å². The summed E-state index contributed by atoms with van der Waals surface area (Å²) in [6.07, 6.45) is -2.51. The Bertz CT molecular complexity index is 1030. The molecule has 2 rings (SSSR count). The van der Waals surface area contributed by atoms with Gasteiger partial charge in [-0.15, -0.1) is 0 Å². The maximum Gasteiger partial charge on any atom is 0.416 e. The third-order valence-corrected chi connectivity index (χ3v) is 4.86. The van der Waals surface area contributed by atoms with E-state index in [2.05, 4.69) is 21.2 Å². The van der Waals surface area contributed by atoms with E-state index in [0.29, 0.717) is 21.5 Å². The summed E-state index contributed by atoms with van der Waals surface area (Å²) in [4.78, 5) is 12.4. The lowest BCUT2D eigenvalue weighted by Gasteiger charge is -2.17. The molecule has 0 unspecified atom stereocenters. The average molecular weight is 497 g/mol. The summed E-state index contributed by atoms with van der Waals surface area (Å²) in [6, 6.07) is 9.18. The Morgan fingerprint density at radius 1 is 1.32 bits per heavy atom. The van der Waals surface area contributed by atoms with Gasteiger partial charge in [0.15, 0.2) is 11.5 Å². The first-order chi connectivity index (χ1) is 14.6. The Hall–Kier alpha value is -2.99. The Balaban J connectivity index is 2.32. The number of anilines is 1. The molecule has 5 nitrogen and oxygen atoms in total. The number of methoxy groups -OCH3 is 1. The van der Waals surface area contributed by atoms with Gasteiger partial charge in [0.1, 0.15) is 11.6 Å². The van der Waals surface area contributed by atoms with E-state index in [1.807, 2.05) is 13.8 Å². The van der Waals surface area contributed by atoms with Crippen LogP contribution in [0, 0.1) is 11.3 Å². The number of hydrogen-bond donors (Lipinski definition) is 1. The van der Waals surface area contributed by atoms with Crippen LogP contribution in [0.5, 0.6) is 11.5 Å². The minimum absolute atomic E-state index is 0.0560. The van der Waals surface area contributed by atoms with E-state index in [-0.39, 0.29) is 17.4 Å². The molecule has 0 fully saturated rings. The molecule has 0 saturated heterocycles. The predicted octanol–water partition coefficient (Wildman–Crippen LogP) is 6.20. The van der Waals surface area contributed by atoms with Gasteiger partial charge in [-0.1, -0.05) is 13.0 Å². The van der Waals surface area contributed by atoms with Crippen LogP contribution in [0.15, 0.2) is 46.4 Å². The summed E-state index contributed by atoms with van der Waals surface area (Å²) in [5.41, 5.74) is -0.798. The molecule has 31 heavy (non-hydrogen) atoms. The van der Waals surface area contributed by atoms with Crippen LogP contribution < -0.4 is 14.8 Å². The number of amides is 1. The number of nitriles is 1. The average Bonchev–Trinajstić information content (AvgIpc) is 2.72. The van der Waals surface area contributed by atoms with Gasteiger partial charge in [-0.3, -0.25) is 4.79 Å². The molecule has 164 valence electrons. The number of nitrogens with zero attached hydrogens (tertiary/aromatic N) is 1. The molecule has 1 atom stereocenters. The molecule has 0 aromatic heterocycles. The first-order valence-electron chi connectivity index (χ1n) is 9.23. The normalized spacial score (nSPS) is 12.6. The molecular weight excluding hydrogens is 477 g/mol. The first-order valence-corrected chi connectivity index (χ1v) is 10.0. The van der Waals surface area contributed by atoms with Gasteiger partial charge in [-0.05, 0) is 71.2 Å². The lowest BCUT2D eigenvalue weighted by Crippen LogP contribution is -2.14. The fourth-order valence-corrected chi connectivity index (χ4v) is 3.06. The lowest BCUT2D eigenvalue weighted by atomic mass is 10.1. The number of alkyl halides is 3. The van der Waals surface area contributed by atoms with Crippen LogP contribution in [-0.2, 0) is 11.0 Å². The minimum atomic E-state index is -4.55. The molecule has 0 heterocycles. The van der Waals surface area contributed by atoms with E-state index >= 15 is 0 Å². The number of carbonyl (C=O) groups is 1. The number of nitrogens with one attached hydrogen (secondary N) is 1. The summed E-state index contributed by atoms with van der Waals surface area (Å²) < 4.78 is 50.3. The van der Waals surface area contributed by atoms with Gasteiger partial charge >= 0.3 is 6.18 Å². The maximum atomic E-state index is 12.9. The standard InChI is InChI=1S/C22H20BrF3N2O3/c1-4-13(2)31-20-18(23)9-14(10-19(20)30-3)8-15(12-27)21(29)28-17-7-5-6-16(11-17)22(24,25)26/h5-11,13H,4H2,1-3H3,(H,28,29)/b15-8-/t13-/m1/s1. The quantitative estimate of drug-likeness (QED) is 0.365. The van der Waals surface area contributed by atoms with Gasteiger partial charge in [0, 0.05) is 5.69 Å². The van der Waals surface area contributed by atoms with Gasteiger partial charge in [0.05, 0.1) is 23.2 Å². The van der Waals surface area contributed by atoms with Crippen molar-refractivity contribution in [2.75, 3.05) is 12.4 Å².